The normalized spacial score (nSPS) is 33.6. The summed E-state index contributed by atoms with van der Waals surface area (Å²) in [5.74, 6) is -1.38. The molecule has 8 nitrogen and oxygen atoms in total. The molecule has 3 aliphatic rings. The predicted octanol–water partition coefficient (Wildman–Crippen LogP) is -0.553. The van der Waals surface area contributed by atoms with E-state index in [4.69, 9.17) is 4.74 Å². The van der Waals surface area contributed by atoms with Crippen LogP contribution in [-0.4, -0.2) is 71.8 Å². The first-order valence-electron chi connectivity index (χ1n) is 8.13. The van der Waals surface area contributed by atoms with E-state index in [0.717, 1.165) is 11.4 Å². The first kappa shape index (κ1) is 16.9. The van der Waals surface area contributed by atoms with Crippen molar-refractivity contribution in [1.29, 1.82) is 0 Å². The van der Waals surface area contributed by atoms with Crippen LogP contribution in [-0.2, 0) is 14.3 Å². The third-order valence-electron chi connectivity index (χ3n) is 5.20. The third kappa shape index (κ3) is 2.41. The summed E-state index contributed by atoms with van der Waals surface area (Å²) in [6, 6.07) is -0.275. The number of carbonyl (C=O) groups is 2. The molecule has 2 unspecified atom stereocenters. The van der Waals surface area contributed by atoms with Crippen LogP contribution in [0.25, 0.3) is 0 Å². The number of nitrogens with one attached hydrogen (secondary N) is 1. The van der Waals surface area contributed by atoms with Gasteiger partial charge in [-0.2, -0.15) is 0 Å². The number of carboxylic acid groups (broad SMARTS) is 1. The minimum absolute atomic E-state index is 0.0755. The molecule has 3 heterocycles. The van der Waals surface area contributed by atoms with Crippen molar-refractivity contribution in [3.63, 3.8) is 0 Å². The van der Waals surface area contributed by atoms with E-state index in [-0.39, 0.29) is 29.5 Å². The number of aliphatic hydroxyl groups excluding tert-OH is 1. The summed E-state index contributed by atoms with van der Waals surface area (Å²) in [7, 11) is 1.59. The van der Waals surface area contributed by atoms with Crippen LogP contribution in [0.1, 0.15) is 13.8 Å². The van der Waals surface area contributed by atoms with Gasteiger partial charge in [0.1, 0.15) is 18.1 Å². The highest BCUT2D eigenvalue weighted by atomic mass is 16.5. The molecule has 3 rings (SSSR count). The molecule has 5 atom stereocenters. The number of nitrogens with zero attached hydrogens (tertiary/aromatic N) is 2. The summed E-state index contributed by atoms with van der Waals surface area (Å²) >= 11 is 0. The maximum Gasteiger partial charge on any atom is 0.352 e. The van der Waals surface area contributed by atoms with Crippen molar-refractivity contribution in [3.05, 3.63) is 11.3 Å². The average Bonchev–Trinajstić information content (AvgIpc) is 2.77. The Bertz CT molecular complexity index is 627. The number of ether oxygens (including phenoxy) is 1. The molecule has 0 aromatic rings. The number of fused-ring (bicyclic) bond motifs is 1. The van der Waals surface area contributed by atoms with Crippen molar-refractivity contribution in [1.82, 2.24) is 10.2 Å². The van der Waals surface area contributed by atoms with Crippen molar-refractivity contribution in [2.75, 3.05) is 26.8 Å². The third-order valence-corrected chi connectivity index (χ3v) is 5.20. The number of methoxy groups -OCH3 is 1. The summed E-state index contributed by atoms with van der Waals surface area (Å²) in [4.78, 5) is 29.9. The molecule has 0 radical (unpaired) electrons. The molecule has 0 bridgehead atoms. The zero-order valence-electron chi connectivity index (χ0n) is 14.0. The van der Waals surface area contributed by atoms with Crippen LogP contribution < -0.4 is 5.32 Å². The van der Waals surface area contributed by atoms with Crippen LogP contribution in [0.4, 0.5) is 0 Å². The van der Waals surface area contributed by atoms with Gasteiger partial charge in [-0.3, -0.25) is 9.79 Å². The van der Waals surface area contributed by atoms with Crippen molar-refractivity contribution in [2.24, 2.45) is 22.7 Å². The standard InChI is InChI=1S/C16H23N3O5/c1-7-11(9-4-17-10(6-24-3)18-5-9)14(16(22)23)19-13(7)12(8(2)20)15(19)21/h7-9,12-13,20H,4-6H2,1-3H3,(H,17,18)(H,22,23)/t7?,8-,12-,13-/m1/s1. The zero-order chi connectivity index (χ0) is 17.6. The lowest BCUT2D eigenvalue weighted by atomic mass is 9.75. The van der Waals surface area contributed by atoms with Crippen LogP contribution in [0, 0.1) is 17.8 Å². The molecule has 132 valence electrons. The number of β-lactam (4-membered cyclic amide) rings is 1. The molecular weight excluding hydrogens is 314 g/mol. The molecule has 1 amide bonds. The topological polar surface area (TPSA) is 111 Å². The molecule has 0 aromatic heterocycles. The van der Waals surface area contributed by atoms with Crippen molar-refractivity contribution >= 4 is 17.7 Å². The van der Waals surface area contributed by atoms with Crippen LogP contribution in [0.5, 0.6) is 0 Å². The number of aliphatic hydroxyl groups is 1. The first-order chi connectivity index (χ1) is 11.4. The Balaban J connectivity index is 1.89. The Hall–Kier alpha value is -1.93. The van der Waals surface area contributed by atoms with Gasteiger partial charge >= 0.3 is 5.97 Å². The van der Waals surface area contributed by atoms with Crippen molar-refractivity contribution in [2.45, 2.75) is 26.0 Å². The summed E-state index contributed by atoms with van der Waals surface area (Å²) in [6.45, 7) is 4.93. The maximum atomic E-state index is 12.3. The SMILES string of the molecule is COCC1=NCC(C2=C(C(=O)O)N3C(=O)[C@H]([C@@H](C)O)[C@H]3C2C)CN1. The second kappa shape index (κ2) is 6.18. The Morgan fingerprint density at radius 1 is 1.54 bits per heavy atom. The molecule has 24 heavy (non-hydrogen) atoms. The number of amides is 1. The van der Waals surface area contributed by atoms with E-state index in [1.54, 1.807) is 14.0 Å². The van der Waals surface area contributed by atoms with Gasteiger partial charge in [-0.05, 0) is 12.5 Å². The maximum absolute atomic E-state index is 12.3. The Labute approximate surface area is 140 Å². The summed E-state index contributed by atoms with van der Waals surface area (Å²) in [6.07, 6.45) is -0.786. The van der Waals surface area contributed by atoms with E-state index in [2.05, 4.69) is 10.3 Å². The van der Waals surface area contributed by atoms with Gasteiger partial charge in [0.2, 0.25) is 5.91 Å². The van der Waals surface area contributed by atoms with Crippen LogP contribution in [0.15, 0.2) is 16.3 Å². The lowest BCUT2D eigenvalue weighted by Crippen LogP contribution is -2.63. The van der Waals surface area contributed by atoms with Gasteiger partial charge in [-0.1, -0.05) is 6.92 Å². The molecule has 1 saturated heterocycles. The second-order valence-electron chi connectivity index (χ2n) is 6.66. The van der Waals surface area contributed by atoms with Gasteiger partial charge in [0.25, 0.3) is 0 Å². The minimum Gasteiger partial charge on any atom is -0.477 e. The van der Waals surface area contributed by atoms with E-state index in [9.17, 15) is 19.8 Å². The number of hydrogen-bond acceptors (Lipinski definition) is 6. The van der Waals surface area contributed by atoms with Gasteiger partial charge in [-0.15, -0.1) is 0 Å². The van der Waals surface area contributed by atoms with E-state index in [0.29, 0.717) is 19.7 Å². The van der Waals surface area contributed by atoms with E-state index in [1.165, 1.54) is 4.90 Å². The van der Waals surface area contributed by atoms with Crippen molar-refractivity contribution < 1.29 is 24.5 Å². The molecule has 3 aliphatic heterocycles. The van der Waals surface area contributed by atoms with Crippen LogP contribution in [0.2, 0.25) is 0 Å². The summed E-state index contributed by atoms with van der Waals surface area (Å²) in [5.41, 5.74) is 0.823. The molecule has 0 aromatic carbocycles. The molecule has 8 heteroatoms. The average molecular weight is 337 g/mol. The fourth-order valence-electron chi connectivity index (χ4n) is 4.17. The number of rotatable bonds is 5. The number of amidine groups is 1. The van der Waals surface area contributed by atoms with Crippen LogP contribution in [0.3, 0.4) is 0 Å². The Kier molecular flexibility index (Phi) is 4.35. The lowest BCUT2D eigenvalue weighted by molar-refractivity contribution is -0.163. The number of carbonyl (C=O) groups excluding carboxylic acids is 1. The molecule has 1 fully saturated rings. The molecule has 0 aliphatic carbocycles. The van der Waals surface area contributed by atoms with E-state index >= 15 is 0 Å². The monoisotopic (exact) mass is 337 g/mol. The second-order valence-corrected chi connectivity index (χ2v) is 6.66. The highest BCUT2D eigenvalue weighted by Gasteiger charge is 2.60. The first-order valence-corrected chi connectivity index (χ1v) is 8.13. The molecular formula is C16H23N3O5. The summed E-state index contributed by atoms with van der Waals surface area (Å²) < 4.78 is 5.04. The minimum atomic E-state index is -1.09. The lowest BCUT2D eigenvalue weighted by Gasteiger charge is -2.46. The quantitative estimate of drug-likeness (QED) is 0.580. The molecule has 0 spiro atoms. The van der Waals surface area contributed by atoms with Gasteiger partial charge in [-0.25, -0.2) is 4.79 Å². The van der Waals surface area contributed by atoms with Gasteiger partial charge in [0.05, 0.1) is 18.1 Å². The Morgan fingerprint density at radius 3 is 2.75 bits per heavy atom. The van der Waals surface area contributed by atoms with Gasteiger partial charge < -0.3 is 25.2 Å². The highest BCUT2D eigenvalue weighted by molar-refractivity contribution is 6.00. The predicted molar refractivity (Wildman–Crippen MR) is 85.3 cm³/mol. The van der Waals surface area contributed by atoms with Gasteiger partial charge in [0, 0.05) is 32.0 Å². The smallest absolute Gasteiger partial charge is 0.352 e. The zero-order valence-corrected chi connectivity index (χ0v) is 14.0. The Morgan fingerprint density at radius 2 is 2.25 bits per heavy atom. The number of hydrogen-bond donors (Lipinski definition) is 3. The molecule has 3 N–H and O–H groups in total. The fraction of sp³-hybridized carbons (Fsp3) is 0.688. The van der Waals surface area contributed by atoms with Crippen molar-refractivity contribution in [3.8, 4) is 0 Å². The molecule has 0 saturated carbocycles. The van der Waals surface area contributed by atoms with E-state index in [1.807, 2.05) is 6.92 Å². The highest BCUT2D eigenvalue weighted by Crippen LogP contribution is 2.49. The summed E-state index contributed by atoms with van der Waals surface area (Å²) in [5, 5.41) is 22.7. The van der Waals surface area contributed by atoms with E-state index < -0.39 is 18.0 Å². The van der Waals surface area contributed by atoms with Crippen LogP contribution >= 0.6 is 0 Å². The number of aliphatic imine (C=N–C) groups is 1. The number of carboxylic acids is 1. The largest absolute Gasteiger partial charge is 0.477 e. The number of aliphatic carboxylic acids is 1. The van der Waals surface area contributed by atoms with Gasteiger partial charge in [0.15, 0.2) is 0 Å². The fourth-order valence-corrected chi connectivity index (χ4v) is 4.17.